The lowest BCUT2D eigenvalue weighted by molar-refractivity contribution is -0.384. The summed E-state index contributed by atoms with van der Waals surface area (Å²) in [6, 6.07) is 27.8. The summed E-state index contributed by atoms with van der Waals surface area (Å²) in [4.78, 5) is 19.6. The summed E-state index contributed by atoms with van der Waals surface area (Å²) in [6.07, 6.45) is 3.54. The Morgan fingerprint density at radius 1 is 0.812 bits per heavy atom. The van der Waals surface area contributed by atoms with Crippen LogP contribution in [0, 0.1) is 10.1 Å². The standard InChI is InChI=1S/C26H17N3O3/c30-29(31)21-14-12-19(13-15-21)26-28-23-11-5-4-10-22(23)25(32-26)24(18-7-2-1-3-8-18)20-9-6-16-27-17-20/h1-17H/b25-24-. The Labute approximate surface area is 184 Å². The Morgan fingerprint density at radius 3 is 2.25 bits per heavy atom. The molecule has 1 aliphatic rings. The van der Waals surface area contributed by atoms with Crippen LogP contribution in [0.25, 0.3) is 11.3 Å². The molecule has 5 rings (SSSR count). The maximum absolute atomic E-state index is 11.0. The molecule has 0 spiro atoms. The zero-order chi connectivity index (χ0) is 21.9. The SMILES string of the molecule is O=[N+]([O-])c1ccc(C2=Nc3ccccc3/C(=C(\c3ccccc3)c3cccnc3)O2)cc1. The van der Waals surface area contributed by atoms with Gasteiger partial charge in [0.1, 0.15) is 5.76 Å². The number of nitrogens with zero attached hydrogens (tertiary/aromatic N) is 3. The van der Waals surface area contributed by atoms with E-state index in [0.717, 1.165) is 28.0 Å². The number of aromatic nitrogens is 1. The average Bonchev–Trinajstić information content (AvgIpc) is 2.85. The lowest BCUT2D eigenvalue weighted by Gasteiger charge is -2.23. The Kier molecular flexibility index (Phi) is 5.01. The third kappa shape index (κ3) is 3.65. The van der Waals surface area contributed by atoms with Crippen molar-refractivity contribution >= 4 is 28.6 Å². The van der Waals surface area contributed by atoms with Crippen molar-refractivity contribution in [3.63, 3.8) is 0 Å². The highest BCUT2D eigenvalue weighted by Crippen LogP contribution is 2.40. The lowest BCUT2D eigenvalue weighted by Crippen LogP contribution is -2.12. The van der Waals surface area contributed by atoms with E-state index in [1.54, 1.807) is 24.5 Å². The molecule has 0 N–H and O–H groups in total. The van der Waals surface area contributed by atoms with Crippen molar-refractivity contribution in [1.29, 1.82) is 0 Å². The number of pyridine rings is 1. The minimum Gasteiger partial charge on any atom is -0.437 e. The van der Waals surface area contributed by atoms with Gasteiger partial charge in [-0.05, 0) is 35.9 Å². The van der Waals surface area contributed by atoms with Gasteiger partial charge in [-0.15, -0.1) is 0 Å². The molecule has 1 aromatic heterocycles. The molecule has 6 heteroatoms. The van der Waals surface area contributed by atoms with Gasteiger partial charge in [-0.3, -0.25) is 15.1 Å². The highest BCUT2D eigenvalue weighted by Gasteiger charge is 2.25. The number of nitro benzene ring substituents is 1. The minimum absolute atomic E-state index is 0.0154. The largest absolute Gasteiger partial charge is 0.437 e. The number of ether oxygens (including phenoxy) is 1. The highest BCUT2D eigenvalue weighted by molar-refractivity contribution is 6.08. The lowest BCUT2D eigenvalue weighted by atomic mass is 9.94. The summed E-state index contributed by atoms with van der Waals surface area (Å²) < 4.78 is 6.40. The molecule has 0 saturated carbocycles. The van der Waals surface area contributed by atoms with Gasteiger partial charge in [0.15, 0.2) is 0 Å². The monoisotopic (exact) mass is 419 g/mol. The van der Waals surface area contributed by atoms with Crippen molar-refractivity contribution in [3.05, 3.63) is 136 Å². The Balaban J connectivity index is 1.73. The molecule has 0 amide bonds. The quantitative estimate of drug-likeness (QED) is 0.300. The van der Waals surface area contributed by atoms with Crippen LogP contribution in [-0.4, -0.2) is 15.8 Å². The van der Waals surface area contributed by atoms with E-state index in [4.69, 9.17) is 4.74 Å². The normalized spacial score (nSPS) is 14.1. The maximum Gasteiger partial charge on any atom is 0.269 e. The maximum atomic E-state index is 11.0. The predicted molar refractivity (Wildman–Crippen MR) is 123 cm³/mol. The van der Waals surface area contributed by atoms with E-state index >= 15 is 0 Å². The number of hydrogen-bond acceptors (Lipinski definition) is 5. The fraction of sp³-hybridized carbons (Fsp3) is 0. The molecule has 4 aromatic rings. The second-order valence-electron chi connectivity index (χ2n) is 7.15. The number of aliphatic imine (C=N–C) groups is 1. The number of rotatable bonds is 4. The van der Waals surface area contributed by atoms with E-state index < -0.39 is 4.92 Å². The number of fused-ring (bicyclic) bond motifs is 1. The van der Waals surface area contributed by atoms with Crippen LogP contribution in [0.5, 0.6) is 0 Å². The van der Waals surface area contributed by atoms with Crippen LogP contribution < -0.4 is 0 Å². The molecule has 0 saturated heterocycles. The molecule has 0 radical (unpaired) electrons. The van der Waals surface area contributed by atoms with E-state index in [1.165, 1.54) is 12.1 Å². The van der Waals surface area contributed by atoms with Crippen LogP contribution >= 0.6 is 0 Å². The van der Waals surface area contributed by atoms with Gasteiger partial charge < -0.3 is 4.74 Å². The number of para-hydroxylation sites is 1. The Hall–Kier alpha value is -4.58. The molecule has 0 bridgehead atoms. The van der Waals surface area contributed by atoms with E-state index in [1.807, 2.05) is 66.7 Å². The molecule has 0 atom stereocenters. The van der Waals surface area contributed by atoms with E-state index in [2.05, 4.69) is 9.98 Å². The number of nitro groups is 1. The smallest absolute Gasteiger partial charge is 0.269 e. The molecule has 1 aliphatic heterocycles. The van der Waals surface area contributed by atoms with Gasteiger partial charge in [-0.25, -0.2) is 4.99 Å². The van der Waals surface area contributed by atoms with Crippen LogP contribution in [0.1, 0.15) is 22.3 Å². The van der Waals surface area contributed by atoms with Gasteiger partial charge in [0, 0.05) is 46.8 Å². The summed E-state index contributed by atoms with van der Waals surface area (Å²) in [6.45, 7) is 0. The third-order valence-electron chi connectivity index (χ3n) is 5.13. The fourth-order valence-corrected chi connectivity index (χ4v) is 3.63. The molecule has 6 nitrogen and oxygen atoms in total. The van der Waals surface area contributed by atoms with Gasteiger partial charge in [-0.2, -0.15) is 0 Å². The first-order valence-electron chi connectivity index (χ1n) is 10.0. The van der Waals surface area contributed by atoms with Crippen LogP contribution in [0.3, 0.4) is 0 Å². The topological polar surface area (TPSA) is 77.6 Å². The van der Waals surface area contributed by atoms with Crippen molar-refractivity contribution in [2.75, 3.05) is 0 Å². The molecule has 154 valence electrons. The van der Waals surface area contributed by atoms with Crippen LogP contribution in [0.2, 0.25) is 0 Å². The third-order valence-corrected chi connectivity index (χ3v) is 5.13. The van der Waals surface area contributed by atoms with Crippen molar-refractivity contribution in [1.82, 2.24) is 4.98 Å². The van der Waals surface area contributed by atoms with Gasteiger partial charge in [0.05, 0.1) is 10.6 Å². The van der Waals surface area contributed by atoms with E-state index in [9.17, 15) is 10.1 Å². The average molecular weight is 419 g/mol. The van der Waals surface area contributed by atoms with Crippen LogP contribution in [0.4, 0.5) is 11.4 Å². The zero-order valence-electron chi connectivity index (χ0n) is 16.9. The molecule has 0 fully saturated rings. The number of hydrogen-bond donors (Lipinski definition) is 0. The van der Waals surface area contributed by atoms with Gasteiger partial charge in [-0.1, -0.05) is 48.5 Å². The van der Waals surface area contributed by atoms with Crippen LogP contribution in [-0.2, 0) is 4.74 Å². The second kappa shape index (κ2) is 8.28. The second-order valence-corrected chi connectivity index (χ2v) is 7.15. The van der Waals surface area contributed by atoms with Crippen molar-refractivity contribution in [3.8, 4) is 0 Å². The number of benzene rings is 3. The van der Waals surface area contributed by atoms with Gasteiger partial charge in [0.2, 0.25) is 5.90 Å². The van der Waals surface area contributed by atoms with Crippen LogP contribution in [0.15, 0.2) is 108 Å². The van der Waals surface area contributed by atoms with Crippen molar-refractivity contribution in [2.24, 2.45) is 4.99 Å². The van der Waals surface area contributed by atoms with Crippen molar-refractivity contribution in [2.45, 2.75) is 0 Å². The zero-order valence-corrected chi connectivity index (χ0v) is 16.9. The summed E-state index contributed by atoms with van der Waals surface area (Å²) in [5.74, 6) is 1.04. The first-order chi connectivity index (χ1) is 15.7. The molecule has 0 aliphatic carbocycles. The van der Waals surface area contributed by atoms with E-state index in [-0.39, 0.29) is 5.69 Å². The Morgan fingerprint density at radius 2 is 1.53 bits per heavy atom. The fourth-order valence-electron chi connectivity index (χ4n) is 3.63. The summed E-state index contributed by atoms with van der Waals surface area (Å²) in [7, 11) is 0. The van der Waals surface area contributed by atoms with Gasteiger partial charge in [0.25, 0.3) is 5.69 Å². The molecule has 0 unspecified atom stereocenters. The highest BCUT2D eigenvalue weighted by atomic mass is 16.6. The van der Waals surface area contributed by atoms with Gasteiger partial charge >= 0.3 is 0 Å². The van der Waals surface area contributed by atoms with E-state index in [0.29, 0.717) is 17.2 Å². The first kappa shape index (κ1) is 19.4. The summed E-state index contributed by atoms with van der Waals surface area (Å²) >= 11 is 0. The molecule has 32 heavy (non-hydrogen) atoms. The predicted octanol–water partition coefficient (Wildman–Crippen LogP) is 6.01. The molecule has 3 aromatic carbocycles. The molecule has 2 heterocycles. The molecular formula is C26H17N3O3. The molecular weight excluding hydrogens is 402 g/mol. The summed E-state index contributed by atoms with van der Waals surface area (Å²) in [5, 5.41) is 11.0. The Bertz CT molecular complexity index is 1300. The minimum atomic E-state index is -0.427. The van der Waals surface area contributed by atoms with Crippen molar-refractivity contribution < 1.29 is 9.66 Å². The first-order valence-corrected chi connectivity index (χ1v) is 10.0. The number of non-ortho nitro benzene ring substituents is 1. The summed E-state index contributed by atoms with van der Waals surface area (Å²) in [5.41, 5.74) is 5.08.